The topological polar surface area (TPSA) is 277 Å². The van der Waals surface area contributed by atoms with Crippen molar-refractivity contribution in [2.45, 2.75) is 27.7 Å². The number of aromatic nitrogens is 4. The van der Waals surface area contributed by atoms with Crippen LogP contribution in [0.2, 0.25) is 15.3 Å². The fourth-order valence-corrected chi connectivity index (χ4v) is 8.62. The van der Waals surface area contributed by atoms with E-state index in [1.807, 2.05) is 0 Å². The molecule has 1 aliphatic carbocycles. The lowest BCUT2D eigenvalue weighted by atomic mass is 10.1. The lowest BCUT2D eigenvalue weighted by molar-refractivity contribution is 0.449. The predicted octanol–water partition coefficient (Wildman–Crippen LogP) is 6.01. The molecule has 3 aromatic carbocycles. The largest absolute Gasteiger partial charge is 0.450 e. The van der Waals surface area contributed by atoms with Gasteiger partial charge in [-0.25, -0.2) is 13.4 Å². The molecule has 6 N–H and O–H groups in total. The summed E-state index contributed by atoms with van der Waals surface area (Å²) in [6, 6.07) is 10.8. The van der Waals surface area contributed by atoms with E-state index in [1.54, 1.807) is 6.92 Å². The molecule has 1 unspecified atom stereocenters. The number of sulfone groups is 1. The van der Waals surface area contributed by atoms with Gasteiger partial charge in [-0.05, 0) is 67.1 Å². The van der Waals surface area contributed by atoms with Crippen molar-refractivity contribution in [3.05, 3.63) is 69.2 Å². The highest BCUT2D eigenvalue weighted by Crippen LogP contribution is 2.55. The first-order valence-corrected chi connectivity index (χ1v) is 21.9. The van der Waals surface area contributed by atoms with Crippen molar-refractivity contribution in [2.75, 3.05) is 41.1 Å². The molecule has 0 fully saturated rings. The molecule has 25 heteroatoms. The maximum absolute atomic E-state index is 12.9. The van der Waals surface area contributed by atoms with Crippen molar-refractivity contribution in [1.82, 2.24) is 19.9 Å². The molecule has 0 radical (unpaired) electrons. The molecule has 298 valence electrons. The van der Waals surface area contributed by atoms with E-state index in [-0.39, 0.29) is 89.4 Å². The Labute approximate surface area is 338 Å². The van der Waals surface area contributed by atoms with Gasteiger partial charge < -0.3 is 30.4 Å². The van der Waals surface area contributed by atoms with Gasteiger partial charge >= 0.3 is 10.1 Å². The van der Waals surface area contributed by atoms with Crippen molar-refractivity contribution < 1.29 is 43.5 Å². The first-order chi connectivity index (χ1) is 26.7. The van der Waals surface area contributed by atoms with Gasteiger partial charge in [-0.1, -0.05) is 23.2 Å². The number of rotatable bonds is 10. The molecule has 1 aromatic heterocycles. The molecule has 0 amide bonds. The SMILES string of the molecule is CNc1ccc2c(c1S(=O)(=O)O)Oc1c(c(Cl)c3oc4c(S(=O)(=O)O)c(=NCC(C)Nc5nc(Cl)nc(Nc6ccc(S(C)(=O)=O)cc6)n5)ccc-4nc3c1Cl)N2. The number of anilines is 6. The summed E-state index contributed by atoms with van der Waals surface area (Å²) in [7, 11) is -11.8. The Hall–Kier alpha value is -5.07. The van der Waals surface area contributed by atoms with E-state index in [0.29, 0.717) is 5.69 Å². The molecule has 0 bridgehead atoms. The van der Waals surface area contributed by atoms with Crippen LogP contribution in [-0.2, 0) is 30.1 Å². The number of nitrogens with one attached hydrogen (secondary N) is 4. The van der Waals surface area contributed by atoms with Crippen LogP contribution in [0, 0.1) is 0 Å². The molecule has 2 aliphatic heterocycles. The van der Waals surface area contributed by atoms with Gasteiger partial charge in [0.25, 0.3) is 10.1 Å². The van der Waals surface area contributed by atoms with Crippen molar-refractivity contribution in [3.8, 4) is 23.0 Å². The number of fused-ring (bicyclic) bond motifs is 4. The quantitative estimate of drug-likeness (QED) is 0.0677. The van der Waals surface area contributed by atoms with Crippen LogP contribution in [0.15, 0.2) is 72.6 Å². The van der Waals surface area contributed by atoms with Gasteiger partial charge in [0.1, 0.15) is 26.9 Å². The van der Waals surface area contributed by atoms with E-state index in [9.17, 15) is 34.4 Å². The maximum atomic E-state index is 12.9. The van der Waals surface area contributed by atoms with Crippen molar-refractivity contribution in [2.24, 2.45) is 4.99 Å². The third kappa shape index (κ3) is 7.94. The fourth-order valence-electron chi connectivity index (χ4n) is 5.70. The first kappa shape index (κ1) is 40.1. The Morgan fingerprint density at radius 2 is 1.53 bits per heavy atom. The van der Waals surface area contributed by atoms with Gasteiger partial charge in [-0.3, -0.25) is 14.1 Å². The highest BCUT2D eigenvalue weighted by molar-refractivity contribution is 7.90. The summed E-state index contributed by atoms with van der Waals surface area (Å²) in [6.45, 7) is 1.58. The van der Waals surface area contributed by atoms with E-state index in [0.717, 1.165) is 6.26 Å². The third-order valence-electron chi connectivity index (χ3n) is 8.19. The van der Waals surface area contributed by atoms with Gasteiger partial charge in [-0.2, -0.15) is 31.8 Å². The fraction of sp³-hybridized carbons (Fsp3) is 0.156. The molecule has 7 rings (SSSR count). The summed E-state index contributed by atoms with van der Waals surface area (Å²) in [5.41, 5.74) is 0.143. The number of hydrogen-bond acceptors (Lipinski definition) is 17. The number of nitrogens with zero attached hydrogens (tertiary/aromatic N) is 5. The van der Waals surface area contributed by atoms with E-state index < -0.39 is 51.7 Å². The van der Waals surface area contributed by atoms with Gasteiger partial charge in [-0.15, -0.1) is 0 Å². The Bertz CT molecular complexity index is 3030. The summed E-state index contributed by atoms with van der Waals surface area (Å²) in [5.74, 6) is -0.812. The summed E-state index contributed by atoms with van der Waals surface area (Å²) < 4.78 is 106. The van der Waals surface area contributed by atoms with E-state index >= 15 is 0 Å². The molecule has 3 aliphatic rings. The molecular formula is C32H26Cl3N9O10S3. The first-order valence-electron chi connectivity index (χ1n) is 16.0. The standard InChI is InChI=1S/C32H26Cl3N9O10S3/c1-13(38-31-42-30(35)43-32(44-31)39-14-4-6-15(7-5-14)55(3,45)46)12-37-19-11-9-17-25(29(19)57(50,51)52)54-27-21(34)22-26(20(33)23(27)41-17)53-24-16(40-22)8-10-18(36-2)28(24)56(47,48)49/h4-11,13,36,40H,12H2,1-3H3,(H,47,48,49)(H,50,51,52)(H2,38,39,42,43,44). The van der Waals surface area contributed by atoms with Crippen LogP contribution in [0.3, 0.4) is 0 Å². The van der Waals surface area contributed by atoms with E-state index in [2.05, 4.69) is 46.2 Å². The Morgan fingerprint density at radius 1 is 0.842 bits per heavy atom. The number of hydrogen-bond donors (Lipinski definition) is 6. The van der Waals surface area contributed by atoms with Gasteiger partial charge in [0.05, 0.1) is 28.2 Å². The molecule has 57 heavy (non-hydrogen) atoms. The maximum Gasteiger partial charge on any atom is 0.300 e. The highest BCUT2D eigenvalue weighted by atomic mass is 35.5. The highest BCUT2D eigenvalue weighted by Gasteiger charge is 2.34. The van der Waals surface area contributed by atoms with Crippen molar-refractivity contribution >= 4 is 111 Å². The van der Waals surface area contributed by atoms with E-state index in [4.69, 9.17) is 44.0 Å². The van der Waals surface area contributed by atoms with Crippen LogP contribution in [0.5, 0.6) is 11.5 Å². The van der Waals surface area contributed by atoms with Crippen LogP contribution in [0.1, 0.15) is 6.92 Å². The molecule has 0 saturated heterocycles. The van der Waals surface area contributed by atoms with Crippen LogP contribution in [0.25, 0.3) is 22.6 Å². The van der Waals surface area contributed by atoms with Crippen LogP contribution in [-0.4, -0.2) is 80.2 Å². The third-order valence-corrected chi connectivity index (χ3v) is 12.0. The zero-order valence-electron chi connectivity index (χ0n) is 29.2. The molecule has 19 nitrogen and oxygen atoms in total. The molecule has 1 atom stereocenters. The lowest BCUT2D eigenvalue weighted by Gasteiger charge is -2.26. The van der Waals surface area contributed by atoms with E-state index in [1.165, 1.54) is 55.6 Å². The molecular weight excluding hydrogens is 873 g/mol. The minimum absolute atomic E-state index is 0.000789. The smallest absolute Gasteiger partial charge is 0.300 e. The second-order valence-electron chi connectivity index (χ2n) is 12.3. The monoisotopic (exact) mass is 897 g/mol. The average Bonchev–Trinajstić information content (AvgIpc) is 3.13. The second-order valence-corrected chi connectivity index (χ2v) is 18.1. The number of benzene rings is 4. The predicted molar refractivity (Wildman–Crippen MR) is 211 cm³/mol. The second kappa shape index (κ2) is 14.7. The summed E-state index contributed by atoms with van der Waals surface area (Å²) >= 11 is 19.6. The summed E-state index contributed by atoms with van der Waals surface area (Å²) in [6.07, 6.45) is 1.09. The van der Waals surface area contributed by atoms with Crippen molar-refractivity contribution in [3.63, 3.8) is 0 Å². The zero-order chi connectivity index (χ0) is 41.2. The van der Waals surface area contributed by atoms with Gasteiger partial charge in [0, 0.05) is 25.0 Å². The zero-order valence-corrected chi connectivity index (χ0v) is 33.9. The Balaban J connectivity index is 1.22. The minimum Gasteiger partial charge on any atom is -0.450 e. The van der Waals surface area contributed by atoms with Crippen LogP contribution < -0.4 is 31.4 Å². The van der Waals surface area contributed by atoms with Crippen LogP contribution >= 0.6 is 34.8 Å². The van der Waals surface area contributed by atoms with Gasteiger partial charge in [0.15, 0.2) is 42.5 Å². The molecule has 4 aromatic rings. The number of ether oxygens (including phenoxy) is 1. The molecule has 3 heterocycles. The van der Waals surface area contributed by atoms with Gasteiger partial charge in [0.2, 0.25) is 17.2 Å². The number of halogens is 3. The average molecular weight is 899 g/mol. The minimum atomic E-state index is -5.04. The van der Waals surface area contributed by atoms with Crippen molar-refractivity contribution in [1.29, 1.82) is 0 Å². The van der Waals surface area contributed by atoms with Crippen LogP contribution in [0.4, 0.5) is 34.6 Å². The Morgan fingerprint density at radius 3 is 2.18 bits per heavy atom. The summed E-state index contributed by atoms with van der Waals surface area (Å²) in [4.78, 5) is 20.0. The summed E-state index contributed by atoms with van der Waals surface area (Å²) in [5, 5.41) is 10.7. The lowest BCUT2D eigenvalue weighted by Crippen LogP contribution is -2.24. The normalized spacial score (nSPS) is 13.7. The molecule has 0 saturated carbocycles. The Kier molecular flexibility index (Phi) is 10.4. The molecule has 0 spiro atoms.